The number of carbonyl (C=O) groups is 3. The molecule has 3 aliphatic rings. The number of imide groups is 1. The van der Waals surface area contributed by atoms with Gasteiger partial charge in [-0.2, -0.15) is 0 Å². The number of aromatic nitrogens is 1. The zero-order valence-corrected chi connectivity index (χ0v) is 19.7. The average molecular weight is 466 g/mol. The van der Waals surface area contributed by atoms with Gasteiger partial charge in [0.25, 0.3) is 0 Å². The van der Waals surface area contributed by atoms with E-state index in [1.807, 2.05) is 30.2 Å². The SMILES string of the molecule is CC[C@H]1c2cccn2CCN1C(=O)C[C@]1(c2ccccc2F)CC(=O)N(C2CCCCC2)C1=O. The van der Waals surface area contributed by atoms with Crippen molar-refractivity contribution >= 4 is 17.7 Å². The van der Waals surface area contributed by atoms with Crippen LogP contribution in [0.4, 0.5) is 4.39 Å². The van der Waals surface area contributed by atoms with Crippen molar-refractivity contribution in [2.75, 3.05) is 6.54 Å². The number of nitrogens with zero attached hydrogens (tertiary/aromatic N) is 3. The average Bonchev–Trinajstić information content (AvgIpc) is 3.41. The number of benzene rings is 1. The molecule has 0 N–H and O–H groups in total. The summed E-state index contributed by atoms with van der Waals surface area (Å²) in [6.45, 7) is 3.24. The number of halogens is 1. The molecule has 2 aliphatic heterocycles. The van der Waals surface area contributed by atoms with E-state index in [2.05, 4.69) is 4.57 Å². The van der Waals surface area contributed by atoms with Crippen molar-refractivity contribution in [2.45, 2.75) is 82.3 Å². The molecule has 1 aromatic carbocycles. The zero-order chi connectivity index (χ0) is 23.9. The fourth-order valence-electron chi connectivity index (χ4n) is 6.32. The van der Waals surface area contributed by atoms with Crippen molar-refractivity contribution in [1.82, 2.24) is 14.4 Å². The van der Waals surface area contributed by atoms with Crippen molar-refractivity contribution in [2.24, 2.45) is 0 Å². The molecule has 1 saturated heterocycles. The van der Waals surface area contributed by atoms with Gasteiger partial charge in [0, 0.05) is 49.4 Å². The Kier molecular flexibility index (Phi) is 6.04. The number of rotatable bonds is 5. The molecule has 1 aliphatic carbocycles. The third-order valence-electron chi connectivity index (χ3n) is 8.00. The Labute approximate surface area is 199 Å². The minimum atomic E-state index is -1.49. The molecule has 5 rings (SSSR count). The van der Waals surface area contributed by atoms with Crippen molar-refractivity contribution in [3.63, 3.8) is 0 Å². The maximum absolute atomic E-state index is 15.1. The largest absolute Gasteiger partial charge is 0.348 e. The molecule has 2 aromatic rings. The topological polar surface area (TPSA) is 62.6 Å². The van der Waals surface area contributed by atoms with Crippen molar-refractivity contribution in [3.05, 3.63) is 59.7 Å². The van der Waals surface area contributed by atoms with E-state index in [0.29, 0.717) is 13.1 Å². The third-order valence-corrected chi connectivity index (χ3v) is 8.00. The van der Waals surface area contributed by atoms with Gasteiger partial charge in [-0.15, -0.1) is 0 Å². The number of likely N-dealkylation sites (tertiary alicyclic amines) is 1. The van der Waals surface area contributed by atoms with Crippen molar-refractivity contribution < 1.29 is 18.8 Å². The first-order chi connectivity index (χ1) is 16.5. The van der Waals surface area contributed by atoms with E-state index in [0.717, 1.165) is 44.2 Å². The van der Waals surface area contributed by atoms with Crippen LogP contribution in [0.3, 0.4) is 0 Å². The highest BCUT2D eigenvalue weighted by molar-refractivity contribution is 6.11. The van der Waals surface area contributed by atoms with Crippen LogP contribution in [0.5, 0.6) is 0 Å². The van der Waals surface area contributed by atoms with Gasteiger partial charge in [0.1, 0.15) is 5.82 Å². The highest BCUT2D eigenvalue weighted by atomic mass is 19.1. The second kappa shape index (κ2) is 9.01. The van der Waals surface area contributed by atoms with Crippen molar-refractivity contribution in [1.29, 1.82) is 0 Å². The molecule has 0 spiro atoms. The van der Waals surface area contributed by atoms with Crippen molar-refractivity contribution in [3.8, 4) is 0 Å². The Morgan fingerprint density at radius 2 is 1.82 bits per heavy atom. The first kappa shape index (κ1) is 22.8. The van der Waals surface area contributed by atoms with Crippen LogP contribution in [0.25, 0.3) is 0 Å². The summed E-state index contributed by atoms with van der Waals surface area (Å²) in [6.07, 6.45) is 7.00. The van der Waals surface area contributed by atoms with Gasteiger partial charge in [-0.3, -0.25) is 19.3 Å². The van der Waals surface area contributed by atoms with Gasteiger partial charge in [-0.05, 0) is 37.5 Å². The Morgan fingerprint density at radius 1 is 1.06 bits per heavy atom. The van der Waals surface area contributed by atoms with E-state index in [4.69, 9.17) is 0 Å². The molecular formula is C27H32FN3O3. The molecule has 7 heteroatoms. The highest BCUT2D eigenvalue weighted by Crippen LogP contribution is 2.44. The van der Waals surface area contributed by atoms with E-state index in [1.54, 1.807) is 18.2 Å². The smallest absolute Gasteiger partial charge is 0.241 e. The molecule has 180 valence electrons. The predicted molar refractivity (Wildman–Crippen MR) is 125 cm³/mol. The Morgan fingerprint density at radius 3 is 2.56 bits per heavy atom. The predicted octanol–water partition coefficient (Wildman–Crippen LogP) is 4.34. The van der Waals surface area contributed by atoms with Gasteiger partial charge in [-0.25, -0.2) is 4.39 Å². The molecule has 3 heterocycles. The standard InChI is InChI=1S/C27H32FN3O3/c1-2-22-23-13-8-14-29(23)15-16-30(22)24(32)17-27(20-11-6-7-12-21(20)28)18-25(33)31(26(27)34)19-9-4-3-5-10-19/h6-8,11-14,19,22H,2-5,9-10,15-18H2,1H3/t22-,27+/m0/s1. The molecule has 1 saturated carbocycles. The van der Waals surface area contributed by atoms with Gasteiger partial charge in [0.05, 0.1) is 11.5 Å². The number of hydrogen-bond acceptors (Lipinski definition) is 3. The van der Waals surface area contributed by atoms with Crippen LogP contribution in [0, 0.1) is 5.82 Å². The highest BCUT2D eigenvalue weighted by Gasteiger charge is 2.57. The molecule has 1 aromatic heterocycles. The fraction of sp³-hybridized carbons (Fsp3) is 0.519. The van der Waals surface area contributed by atoms with Gasteiger partial charge < -0.3 is 9.47 Å². The van der Waals surface area contributed by atoms with Crippen LogP contribution in [0.1, 0.15) is 75.6 Å². The zero-order valence-electron chi connectivity index (χ0n) is 19.7. The third kappa shape index (κ3) is 3.65. The first-order valence-electron chi connectivity index (χ1n) is 12.5. The van der Waals surface area contributed by atoms with E-state index >= 15 is 4.39 Å². The summed E-state index contributed by atoms with van der Waals surface area (Å²) in [7, 11) is 0. The van der Waals surface area contributed by atoms with Crippen LogP contribution < -0.4 is 0 Å². The molecule has 34 heavy (non-hydrogen) atoms. The maximum Gasteiger partial charge on any atom is 0.241 e. The summed E-state index contributed by atoms with van der Waals surface area (Å²) >= 11 is 0. The molecule has 2 fully saturated rings. The van der Waals surface area contributed by atoms with E-state index in [9.17, 15) is 14.4 Å². The summed E-state index contributed by atoms with van der Waals surface area (Å²) in [4.78, 5) is 44.2. The van der Waals surface area contributed by atoms with Crippen LogP contribution in [-0.2, 0) is 26.3 Å². The van der Waals surface area contributed by atoms with Crippen LogP contribution >= 0.6 is 0 Å². The normalized spacial score (nSPS) is 25.6. The van der Waals surface area contributed by atoms with Gasteiger partial charge in [0.15, 0.2) is 0 Å². The summed E-state index contributed by atoms with van der Waals surface area (Å²) in [6, 6.07) is 9.87. The summed E-state index contributed by atoms with van der Waals surface area (Å²) in [5.74, 6) is -1.43. The van der Waals surface area contributed by atoms with E-state index < -0.39 is 17.1 Å². The molecule has 2 atom stereocenters. The van der Waals surface area contributed by atoms with Gasteiger partial charge in [0.2, 0.25) is 17.7 Å². The molecule has 6 nitrogen and oxygen atoms in total. The van der Waals surface area contributed by atoms with Crippen LogP contribution in [0.2, 0.25) is 0 Å². The lowest BCUT2D eigenvalue weighted by atomic mass is 9.75. The quantitative estimate of drug-likeness (QED) is 0.617. The molecule has 0 radical (unpaired) electrons. The molecule has 0 bridgehead atoms. The summed E-state index contributed by atoms with van der Waals surface area (Å²) in [5.41, 5.74) is -0.262. The summed E-state index contributed by atoms with van der Waals surface area (Å²) in [5, 5.41) is 0. The lowest BCUT2D eigenvalue weighted by Crippen LogP contribution is -2.49. The number of amides is 3. The minimum Gasteiger partial charge on any atom is -0.348 e. The van der Waals surface area contributed by atoms with Crippen LogP contribution in [-0.4, -0.2) is 44.7 Å². The minimum absolute atomic E-state index is 0.101. The van der Waals surface area contributed by atoms with E-state index in [-0.39, 0.29) is 42.3 Å². The monoisotopic (exact) mass is 465 g/mol. The van der Waals surface area contributed by atoms with Gasteiger partial charge in [-0.1, -0.05) is 44.4 Å². The molecule has 0 unspecified atom stereocenters. The number of hydrogen-bond donors (Lipinski definition) is 0. The fourth-order valence-corrected chi connectivity index (χ4v) is 6.32. The maximum atomic E-state index is 15.1. The van der Waals surface area contributed by atoms with E-state index in [1.165, 1.54) is 11.0 Å². The number of fused-ring (bicyclic) bond motifs is 1. The lowest BCUT2D eigenvalue weighted by molar-refractivity contribution is -0.146. The Balaban J connectivity index is 1.50. The first-order valence-corrected chi connectivity index (χ1v) is 12.5. The molecule has 3 amide bonds. The Bertz CT molecular complexity index is 1110. The number of carbonyl (C=O) groups excluding carboxylic acids is 3. The second-order valence-electron chi connectivity index (χ2n) is 9.91. The van der Waals surface area contributed by atoms with Gasteiger partial charge >= 0.3 is 0 Å². The second-order valence-corrected chi connectivity index (χ2v) is 9.91. The lowest BCUT2D eigenvalue weighted by Gasteiger charge is -2.39. The Hall–Kier alpha value is -2.96. The van der Waals surface area contributed by atoms with Crippen LogP contribution in [0.15, 0.2) is 42.6 Å². The molecular weight excluding hydrogens is 433 g/mol. The summed E-state index contributed by atoms with van der Waals surface area (Å²) < 4.78 is 17.3.